The summed E-state index contributed by atoms with van der Waals surface area (Å²) in [5.74, 6) is -0.102. The summed E-state index contributed by atoms with van der Waals surface area (Å²) < 4.78 is 0. The number of fused-ring (bicyclic) bond motifs is 1. The number of benzene rings is 3. The quantitative estimate of drug-likeness (QED) is 0.477. The Morgan fingerprint density at radius 3 is 2.27 bits per heavy atom. The molecule has 0 fully saturated rings. The van der Waals surface area contributed by atoms with Gasteiger partial charge >= 0.3 is 0 Å². The number of nitrogens with one attached hydrogen (secondary N) is 1. The van der Waals surface area contributed by atoms with Crippen molar-refractivity contribution in [2.45, 2.75) is 72.0 Å². The van der Waals surface area contributed by atoms with Crippen LogP contribution < -0.4 is 5.32 Å². The van der Waals surface area contributed by atoms with Crippen LogP contribution in [-0.2, 0) is 22.6 Å². The average molecular weight is 445 g/mol. The van der Waals surface area contributed by atoms with Crippen LogP contribution in [0.3, 0.4) is 0 Å². The van der Waals surface area contributed by atoms with Gasteiger partial charge in [0, 0.05) is 18.5 Å². The molecule has 4 nitrogen and oxygen atoms in total. The normalized spacial score (nSPS) is 12.4. The van der Waals surface area contributed by atoms with Crippen LogP contribution in [0.15, 0.2) is 66.7 Å². The first-order valence-corrected chi connectivity index (χ1v) is 11.8. The van der Waals surface area contributed by atoms with E-state index in [2.05, 4.69) is 29.6 Å². The van der Waals surface area contributed by atoms with Crippen molar-refractivity contribution in [3.63, 3.8) is 0 Å². The molecule has 0 aliphatic heterocycles. The third-order valence-electron chi connectivity index (χ3n) is 5.85. The van der Waals surface area contributed by atoms with E-state index in [1.807, 2.05) is 77.1 Å². The van der Waals surface area contributed by atoms with Gasteiger partial charge in [-0.2, -0.15) is 0 Å². The minimum absolute atomic E-state index is 0.000539. The molecule has 174 valence electrons. The van der Waals surface area contributed by atoms with Crippen LogP contribution >= 0.6 is 0 Å². The summed E-state index contributed by atoms with van der Waals surface area (Å²) in [5.41, 5.74) is 3.00. The molecule has 0 aromatic heterocycles. The average Bonchev–Trinajstić information content (AvgIpc) is 2.77. The topological polar surface area (TPSA) is 49.4 Å². The zero-order valence-corrected chi connectivity index (χ0v) is 20.5. The lowest BCUT2D eigenvalue weighted by molar-refractivity contribution is -0.142. The Morgan fingerprint density at radius 2 is 1.61 bits per heavy atom. The Labute approximate surface area is 198 Å². The Bertz CT molecular complexity index is 1090. The highest BCUT2D eigenvalue weighted by Crippen LogP contribution is 2.21. The predicted molar refractivity (Wildman–Crippen MR) is 136 cm³/mol. The van der Waals surface area contributed by atoms with Gasteiger partial charge in [0.2, 0.25) is 11.8 Å². The second-order valence-corrected chi connectivity index (χ2v) is 9.81. The molecular formula is C29H36N2O2. The molecule has 0 unspecified atom stereocenters. The van der Waals surface area contributed by atoms with E-state index in [0.29, 0.717) is 25.8 Å². The molecule has 2 amide bonds. The SMILES string of the molecule is CC[C@@H](C(=O)NC(C)(C)C)N(Cc1ccc(C)cc1)C(=O)CCc1cccc2ccccc12. The molecule has 33 heavy (non-hydrogen) atoms. The third kappa shape index (κ3) is 6.67. The van der Waals surface area contributed by atoms with E-state index in [9.17, 15) is 9.59 Å². The number of carbonyl (C=O) groups excluding carboxylic acids is 2. The summed E-state index contributed by atoms with van der Waals surface area (Å²) in [6, 6.07) is 22.1. The van der Waals surface area contributed by atoms with Gasteiger partial charge in [-0.25, -0.2) is 0 Å². The van der Waals surface area contributed by atoms with Gasteiger partial charge < -0.3 is 10.2 Å². The Hall–Kier alpha value is -3.14. The molecule has 0 radical (unpaired) electrons. The molecule has 0 saturated carbocycles. The van der Waals surface area contributed by atoms with Gasteiger partial charge in [-0.1, -0.05) is 79.2 Å². The molecule has 0 bridgehead atoms. The minimum Gasteiger partial charge on any atom is -0.350 e. The van der Waals surface area contributed by atoms with Gasteiger partial charge in [0.25, 0.3) is 0 Å². The van der Waals surface area contributed by atoms with Gasteiger partial charge in [0.1, 0.15) is 6.04 Å². The van der Waals surface area contributed by atoms with Crippen molar-refractivity contribution in [2.75, 3.05) is 0 Å². The Balaban J connectivity index is 1.84. The first kappa shape index (κ1) is 24.5. The van der Waals surface area contributed by atoms with Crippen molar-refractivity contribution in [1.82, 2.24) is 10.2 Å². The van der Waals surface area contributed by atoms with Crippen molar-refractivity contribution in [1.29, 1.82) is 0 Å². The lowest BCUT2D eigenvalue weighted by Gasteiger charge is -2.33. The number of amides is 2. The lowest BCUT2D eigenvalue weighted by atomic mass is 10.00. The Morgan fingerprint density at radius 1 is 0.939 bits per heavy atom. The van der Waals surface area contributed by atoms with Gasteiger partial charge in [0.05, 0.1) is 0 Å². The highest BCUT2D eigenvalue weighted by Gasteiger charge is 2.30. The lowest BCUT2D eigenvalue weighted by Crippen LogP contribution is -2.53. The molecule has 0 aliphatic rings. The van der Waals surface area contributed by atoms with E-state index >= 15 is 0 Å². The minimum atomic E-state index is -0.509. The summed E-state index contributed by atoms with van der Waals surface area (Å²) in [7, 11) is 0. The first-order valence-electron chi connectivity index (χ1n) is 11.8. The van der Waals surface area contributed by atoms with Crippen LogP contribution in [0.2, 0.25) is 0 Å². The summed E-state index contributed by atoms with van der Waals surface area (Å²) in [4.78, 5) is 28.4. The van der Waals surface area contributed by atoms with Crippen molar-refractivity contribution >= 4 is 22.6 Å². The third-order valence-corrected chi connectivity index (χ3v) is 5.85. The highest BCUT2D eigenvalue weighted by molar-refractivity contribution is 5.89. The predicted octanol–water partition coefficient (Wildman–Crippen LogP) is 5.80. The van der Waals surface area contributed by atoms with Crippen LogP contribution in [0.4, 0.5) is 0 Å². The number of rotatable bonds is 8. The van der Waals surface area contributed by atoms with Crippen molar-refractivity contribution in [3.05, 3.63) is 83.4 Å². The molecule has 1 N–H and O–H groups in total. The summed E-state index contributed by atoms with van der Waals surface area (Å²) in [6.07, 6.45) is 1.56. The number of hydrogen-bond acceptors (Lipinski definition) is 2. The molecule has 3 rings (SSSR count). The van der Waals surface area contributed by atoms with Crippen LogP contribution in [-0.4, -0.2) is 28.3 Å². The molecule has 0 heterocycles. The highest BCUT2D eigenvalue weighted by atomic mass is 16.2. The zero-order chi connectivity index (χ0) is 24.0. The molecule has 1 atom stereocenters. The van der Waals surface area contributed by atoms with E-state index in [4.69, 9.17) is 0 Å². The van der Waals surface area contributed by atoms with Gasteiger partial charge in [-0.3, -0.25) is 9.59 Å². The largest absolute Gasteiger partial charge is 0.350 e. The fourth-order valence-corrected chi connectivity index (χ4v) is 4.16. The fraction of sp³-hybridized carbons (Fsp3) is 0.379. The van der Waals surface area contributed by atoms with Crippen LogP contribution in [0.25, 0.3) is 10.8 Å². The molecular weight excluding hydrogens is 408 g/mol. The summed E-state index contributed by atoms with van der Waals surface area (Å²) in [6.45, 7) is 10.3. The summed E-state index contributed by atoms with van der Waals surface area (Å²) >= 11 is 0. The molecule has 4 heteroatoms. The molecule has 0 saturated heterocycles. The Kier molecular flexibility index (Phi) is 7.91. The van der Waals surface area contributed by atoms with E-state index in [1.54, 1.807) is 4.90 Å². The van der Waals surface area contributed by atoms with Crippen molar-refractivity contribution in [2.24, 2.45) is 0 Å². The maximum atomic E-state index is 13.5. The van der Waals surface area contributed by atoms with Crippen LogP contribution in [0, 0.1) is 6.92 Å². The van der Waals surface area contributed by atoms with Crippen LogP contribution in [0.1, 0.15) is 57.2 Å². The maximum absolute atomic E-state index is 13.5. The van der Waals surface area contributed by atoms with E-state index in [-0.39, 0.29) is 17.4 Å². The maximum Gasteiger partial charge on any atom is 0.243 e. The van der Waals surface area contributed by atoms with E-state index in [1.165, 1.54) is 16.3 Å². The molecule has 0 spiro atoms. The smallest absolute Gasteiger partial charge is 0.243 e. The summed E-state index contributed by atoms with van der Waals surface area (Å²) in [5, 5.41) is 5.42. The number of hydrogen-bond donors (Lipinski definition) is 1. The second kappa shape index (κ2) is 10.7. The standard InChI is InChI=1S/C29H36N2O2/c1-6-26(28(33)30-29(3,4)5)31(20-22-16-14-21(2)15-17-22)27(32)19-18-24-12-9-11-23-10-7-8-13-25(23)24/h7-17,26H,6,18-20H2,1-5H3,(H,30,33)/t26-/m0/s1. The molecule has 3 aromatic carbocycles. The van der Waals surface area contributed by atoms with Crippen molar-refractivity contribution < 1.29 is 9.59 Å². The first-order chi connectivity index (χ1) is 15.7. The molecule has 0 aliphatic carbocycles. The fourth-order valence-electron chi connectivity index (χ4n) is 4.16. The van der Waals surface area contributed by atoms with Crippen molar-refractivity contribution in [3.8, 4) is 0 Å². The monoisotopic (exact) mass is 444 g/mol. The van der Waals surface area contributed by atoms with Gasteiger partial charge in [0.15, 0.2) is 0 Å². The number of carbonyl (C=O) groups is 2. The van der Waals surface area contributed by atoms with Crippen LogP contribution in [0.5, 0.6) is 0 Å². The number of aryl methyl sites for hydroxylation is 2. The van der Waals surface area contributed by atoms with E-state index < -0.39 is 6.04 Å². The zero-order valence-electron chi connectivity index (χ0n) is 20.5. The second-order valence-electron chi connectivity index (χ2n) is 9.81. The van der Waals surface area contributed by atoms with Gasteiger partial charge in [-0.05, 0) is 62.4 Å². The molecule has 3 aromatic rings. The number of nitrogens with zero attached hydrogens (tertiary/aromatic N) is 1. The van der Waals surface area contributed by atoms with Gasteiger partial charge in [-0.15, -0.1) is 0 Å². The van der Waals surface area contributed by atoms with E-state index in [0.717, 1.165) is 11.1 Å².